The Hall–Kier alpha value is -2.63. The van der Waals surface area contributed by atoms with E-state index in [0.717, 1.165) is 56.6 Å². The zero-order chi connectivity index (χ0) is 22.2. The summed E-state index contributed by atoms with van der Waals surface area (Å²) in [5.74, 6) is 0.0797. The van der Waals surface area contributed by atoms with Gasteiger partial charge in [0.05, 0.1) is 12.5 Å². The highest BCUT2D eigenvalue weighted by Gasteiger charge is 2.33. The number of carbonyl (C=O) groups is 1. The molecular weight excluding hydrogens is 418 g/mol. The largest absolute Gasteiger partial charge is 0.493 e. The summed E-state index contributed by atoms with van der Waals surface area (Å²) in [6, 6.07) is 21.5. The Labute approximate surface area is 194 Å². The number of carboxylic acid groups (broad SMARTS) is 1. The number of aryl methyl sites for hydroxylation is 1. The second kappa shape index (κ2) is 11.3. The molecule has 0 spiro atoms. The lowest BCUT2D eigenvalue weighted by atomic mass is 9.80. The summed E-state index contributed by atoms with van der Waals surface area (Å²) in [5.41, 5.74) is 3.74. The fourth-order valence-corrected chi connectivity index (χ4v) is 4.87. The zero-order valence-corrected chi connectivity index (χ0v) is 19.2. The van der Waals surface area contributed by atoms with Gasteiger partial charge in [-0.15, -0.1) is 11.3 Å². The minimum Gasteiger partial charge on any atom is -0.493 e. The number of carboxylic acids is 1. The standard InChI is InChI=1S/C27H31NO3S/c29-27(30)22-17-23(18-22)28-19-21-12-13-25(24(16-21)26-11-7-15-32-26)31-14-6-2-5-10-20-8-3-1-4-9-20/h1,3-4,7-9,11-13,15-16,22-23,28H,2,5-6,10,14,17-19H2,(H,29,30). The van der Waals surface area contributed by atoms with Gasteiger partial charge in [-0.25, -0.2) is 0 Å². The van der Waals surface area contributed by atoms with Gasteiger partial charge in [0.15, 0.2) is 0 Å². The van der Waals surface area contributed by atoms with Gasteiger partial charge < -0.3 is 15.2 Å². The summed E-state index contributed by atoms with van der Waals surface area (Å²) in [7, 11) is 0. The molecule has 1 heterocycles. The molecule has 1 saturated carbocycles. The average Bonchev–Trinajstić information content (AvgIpc) is 3.31. The number of nitrogens with one attached hydrogen (secondary N) is 1. The monoisotopic (exact) mass is 449 g/mol. The summed E-state index contributed by atoms with van der Waals surface area (Å²) < 4.78 is 6.19. The fourth-order valence-electron chi connectivity index (χ4n) is 4.12. The maximum absolute atomic E-state index is 11.0. The van der Waals surface area contributed by atoms with Crippen molar-refractivity contribution in [2.45, 2.75) is 51.1 Å². The van der Waals surface area contributed by atoms with Gasteiger partial charge >= 0.3 is 5.97 Å². The molecule has 2 N–H and O–H groups in total. The van der Waals surface area contributed by atoms with Crippen molar-refractivity contribution in [1.29, 1.82) is 0 Å². The van der Waals surface area contributed by atoms with E-state index in [2.05, 4.69) is 71.4 Å². The molecule has 0 saturated heterocycles. The summed E-state index contributed by atoms with van der Waals surface area (Å²) in [4.78, 5) is 12.2. The Morgan fingerprint density at radius 2 is 1.84 bits per heavy atom. The number of ether oxygens (including phenoxy) is 1. The number of thiophene rings is 1. The lowest BCUT2D eigenvalue weighted by molar-refractivity contribution is -0.145. The van der Waals surface area contributed by atoms with Crippen LogP contribution in [-0.4, -0.2) is 23.7 Å². The van der Waals surface area contributed by atoms with Crippen LogP contribution in [0.4, 0.5) is 0 Å². The van der Waals surface area contributed by atoms with Gasteiger partial charge in [0.25, 0.3) is 0 Å². The molecule has 2 aromatic carbocycles. The maximum Gasteiger partial charge on any atom is 0.306 e. The number of aliphatic carboxylic acids is 1. The second-order valence-corrected chi connectivity index (χ2v) is 9.48. The van der Waals surface area contributed by atoms with Crippen molar-refractivity contribution in [3.63, 3.8) is 0 Å². The first-order chi connectivity index (χ1) is 15.7. The van der Waals surface area contributed by atoms with E-state index < -0.39 is 5.97 Å². The van der Waals surface area contributed by atoms with Crippen LogP contribution in [0.5, 0.6) is 5.75 Å². The Bertz CT molecular complexity index is 981. The van der Waals surface area contributed by atoms with Gasteiger partial charge in [-0.2, -0.15) is 0 Å². The lowest BCUT2D eigenvalue weighted by Crippen LogP contribution is -2.43. The van der Waals surface area contributed by atoms with Crippen LogP contribution in [0.2, 0.25) is 0 Å². The summed E-state index contributed by atoms with van der Waals surface area (Å²) in [6.45, 7) is 1.47. The van der Waals surface area contributed by atoms with E-state index in [1.807, 2.05) is 0 Å². The number of rotatable bonds is 12. The van der Waals surface area contributed by atoms with E-state index in [9.17, 15) is 4.79 Å². The first-order valence-corrected chi connectivity index (χ1v) is 12.4. The highest BCUT2D eigenvalue weighted by atomic mass is 32.1. The van der Waals surface area contributed by atoms with Crippen LogP contribution >= 0.6 is 11.3 Å². The van der Waals surface area contributed by atoms with Crippen molar-refractivity contribution < 1.29 is 14.6 Å². The van der Waals surface area contributed by atoms with E-state index >= 15 is 0 Å². The molecule has 0 atom stereocenters. The molecule has 0 unspecified atom stereocenters. The van der Waals surface area contributed by atoms with E-state index in [4.69, 9.17) is 9.84 Å². The van der Waals surface area contributed by atoms with Crippen LogP contribution in [0.15, 0.2) is 66.0 Å². The molecule has 32 heavy (non-hydrogen) atoms. The summed E-state index contributed by atoms with van der Waals surface area (Å²) >= 11 is 1.72. The number of unbranched alkanes of at least 4 members (excludes halogenated alkanes) is 2. The van der Waals surface area contributed by atoms with Crippen molar-refractivity contribution in [3.8, 4) is 16.2 Å². The van der Waals surface area contributed by atoms with Crippen molar-refractivity contribution in [1.82, 2.24) is 5.32 Å². The summed E-state index contributed by atoms with van der Waals surface area (Å²) in [6.07, 6.45) is 5.95. The fraction of sp³-hybridized carbons (Fsp3) is 0.370. The van der Waals surface area contributed by atoms with E-state index in [-0.39, 0.29) is 5.92 Å². The average molecular weight is 450 g/mol. The van der Waals surface area contributed by atoms with Gasteiger partial charge in [-0.1, -0.05) is 42.5 Å². The number of hydrogen-bond donors (Lipinski definition) is 2. The van der Waals surface area contributed by atoms with Crippen molar-refractivity contribution >= 4 is 17.3 Å². The molecule has 0 aliphatic heterocycles. The first-order valence-electron chi connectivity index (χ1n) is 11.5. The van der Waals surface area contributed by atoms with Gasteiger partial charge in [0.1, 0.15) is 5.75 Å². The lowest BCUT2D eigenvalue weighted by Gasteiger charge is -2.33. The molecule has 1 fully saturated rings. The molecule has 0 amide bonds. The third-order valence-corrected chi connectivity index (χ3v) is 7.03. The van der Waals surface area contributed by atoms with Crippen LogP contribution in [0.1, 0.15) is 43.2 Å². The minimum atomic E-state index is -0.676. The molecule has 168 valence electrons. The molecule has 0 bridgehead atoms. The predicted octanol–water partition coefficient (Wildman–Crippen LogP) is 6.16. The van der Waals surface area contributed by atoms with Gasteiger partial charge in [-0.3, -0.25) is 4.79 Å². The summed E-state index contributed by atoms with van der Waals surface area (Å²) in [5, 5.41) is 14.6. The molecule has 1 aromatic heterocycles. The Morgan fingerprint density at radius 3 is 2.59 bits per heavy atom. The Balaban J connectivity index is 1.27. The first kappa shape index (κ1) is 22.6. The van der Waals surface area contributed by atoms with Crippen molar-refractivity contribution in [3.05, 3.63) is 77.2 Å². The van der Waals surface area contributed by atoms with Gasteiger partial charge in [0.2, 0.25) is 0 Å². The number of hydrogen-bond acceptors (Lipinski definition) is 4. The molecule has 4 rings (SSSR count). The normalized spacial score (nSPS) is 17.6. The Morgan fingerprint density at radius 1 is 1.00 bits per heavy atom. The molecule has 3 aromatic rings. The van der Waals surface area contributed by atoms with Crippen molar-refractivity contribution in [2.75, 3.05) is 6.61 Å². The highest BCUT2D eigenvalue weighted by Crippen LogP contribution is 2.35. The smallest absolute Gasteiger partial charge is 0.306 e. The van der Waals surface area contributed by atoms with Crippen LogP contribution in [0.3, 0.4) is 0 Å². The quantitative estimate of drug-likeness (QED) is 0.325. The van der Waals surface area contributed by atoms with Crippen LogP contribution in [0, 0.1) is 5.92 Å². The third-order valence-electron chi connectivity index (χ3n) is 6.12. The molecule has 1 aliphatic carbocycles. The van der Waals surface area contributed by atoms with Crippen molar-refractivity contribution in [2.24, 2.45) is 5.92 Å². The molecule has 0 radical (unpaired) electrons. The van der Waals surface area contributed by atoms with E-state index in [1.165, 1.54) is 22.4 Å². The van der Waals surface area contributed by atoms with Crippen LogP contribution < -0.4 is 10.1 Å². The van der Waals surface area contributed by atoms with Crippen LogP contribution in [0.25, 0.3) is 10.4 Å². The topological polar surface area (TPSA) is 58.6 Å². The number of benzene rings is 2. The predicted molar refractivity (Wildman–Crippen MR) is 130 cm³/mol. The third kappa shape index (κ3) is 6.21. The Kier molecular flexibility index (Phi) is 7.97. The molecule has 4 nitrogen and oxygen atoms in total. The highest BCUT2D eigenvalue weighted by molar-refractivity contribution is 7.13. The van der Waals surface area contributed by atoms with E-state index in [0.29, 0.717) is 6.04 Å². The van der Waals surface area contributed by atoms with Crippen LogP contribution in [-0.2, 0) is 17.8 Å². The molecular formula is C27H31NO3S. The van der Waals surface area contributed by atoms with Gasteiger partial charge in [0, 0.05) is 23.0 Å². The minimum absolute atomic E-state index is 0.183. The zero-order valence-electron chi connectivity index (χ0n) is 18.3. The van der Waals surface area contributed by atoms with E-state index in [1.54, 1.807) is 11.3 Å². The molecule has 1 aliphatic rings. The SMILES string of the molecule is O=C(O)C1CC(NCc2ccc(OCCCCCc3ccccc3)c(-c3cccs3)c2)C1. The molecule has 5 heteroatoms. The second-order valence-electron chi connectivity index (χ2n) is 8.54. The van der Waals surface area contributed by atoms with Gasteiger partial charge in [-0.05, 0) is 73.2 Å². The maximum atomic E-state index is 11.0.